The molecule has 0 spiro atoms. The second kappa shape index (κ2) is 16.0. The highest BCUT2D eigenvalue weighted by Crippen LogP contribution is 2.38. The molecule has 10 heteroatoms. The Morgan fingerprint density at radius 1 is 1.08 bits per heavy atom. The summed E-state index contributed by atoms with van der Waals surface area (Å²) in [6.45, 7) is 12.2. The normalized spacial score (nSPS) is 16.3. The molecule has 38 heavy (non-hydrogen) atoms. The van der Waals surface area contributed by atoms with E-state index >= 15 is 0 Å². The number of rotatable bonds is 6. The van der Waals surface area contributed by atoms with Gasteiger partial charge in [0.15, 0.2) is 0 Å². The van der Waals surface area contributed by atoms with Crippen molar-refractivity contribution in [1.29, 1.82) is 0 Å². The number of hydrogen-bond acceptors (Lipinski definition) is 4. The number of alkyl halides is 6. The van der Waals surface area contributed by atoms with Crippen LogP contribution in [-0.4, -0.2) is 47.7 Å². The van der Waals surface area contributed by atoms with E-state index in [4.69, 9.17) is 9.90 Å². The van der Waals surface area contributed by atoms with Gasteiger partial charge in [-0.3, -0.25) is 9.89 Å². The summed E-state index contributed by atoms with van der Waals surface area (Å²) >= 11 is 0. The first-order valence-corrected chi connectivity index (χ1v) is 12.6. The van der Waals surface area contributed by atoms with Gasteiger partial charge in [0.1, 0.15) is 6.29 Å². The van der Waals surface area contributed by atoms with Crippen LogP contribution < -0.4 is 0 Å². The summed E-state index contributed by atoms with van der Waals surface area (Å²) in [6.07, 6.45) is -3.21. The van der Waals surface area contributed by atoms with Crippen molar-refractivity contribution in [3.8, 4) is 0 Å². The van der Waals surface area contributed by atoms with Crippen LogP contribution in [0.15, 0.2) is 34.8 Å². The maximum absolute atomic E-state index is 13.3. The third kappa shape index (κ3) is 14.1. The average Bonchev–Trinajstić information content (AvgIpc) is 2.78. The second-order valence-corrected chi connectivity index (χ2v) is 9.94. The van der Waals surface area contributed by atoms with Crippen molar-refractivity contribution in [1.82, 2.24) is 4.90 Å². The fourth-order valence-corrected chi connectivity index (χ4v) is 3.94. The smallest absolute Gasteiger partial charge is 0.390 e. The van der Waals surface area contributed by atoms with Gasteiger partial charge in [-0.25, -0.2) is 0 Å². The van der Waals surface area contributed by atoms with Gasteiger partial charge in [-0.15, -0.1) is 0 Å². The van der Waals surface area contributed by atoms with Gasteiger partial charge < -0.3 is 9.90 Å². The van der Waals surface area contributed by atoms with Crippen LogP contribution in [0.3, 0.4) is 0 Å². The standard InChI is InChI=1S/C20H24F6N2.C6H14O.C2H4O/c1-13(14(2)27-3)10-15-6-8-28(9-7-15)12-16-4-5-17(19(21,22)23)11-18(16)20(24,25)26;1-4-5-6(2,3)7;1-2-3/h4-5,10-11,15H,6-9,12H2,1-3H3;7H,4-5H2,1-3H3;2H,1H3/b13-10+,27-14?;;. The van der Waals surface area contributed by atoms with E-state index < -0.39 is 29.1 Å². The van der Waals surface area contributed by atoms with Crippen LogP contribution in [0.4, 0.5) is 26.3 Å². The topological polar surface area (TPSA) is 52.9 Å². The molecular weight excluding hydrogens is 510 g/mol. The third-order valence-electron chi connectivity index (χ3n) is 6.02. The molecule has 0 aromatic heterocycles. The molecule has 0 saturated carbocycles. The number of piperidine rings is 1. The fourth-order valence-electron chi connectivity index (χ4n) is 3.94. The average molecular weight is 553 g/mol. The SMILES string of the molecule is CC=O.CCCC(C)(C)O.CN=C(C)/C(C)=C/C1CCN(Cc2ccc(C(F)(F)F)cc2C(F)(F)F)CC1. The quantitative estimate of drug-likeness (QED) is 0.223. The van der Waals surface area contributed by atoms with E-state index in [1.54, 1.807) is 7.05 Å². The number of carbonyl (C=O) groups excluding carboxylic acids is 1. The molecule has 0 unspecified atom stereocenters. The molecule has 0 amide bonds. The van der Waals surface area contributed by atoms with Crippen molar-refractivity contribution in [3.63, 3.8) is 0 Å². The third-order valence-corrected chi connectivity index (χ3v) is 6.02. The van der Waals surface area contributed by atoms with Crippen molar-refractivity contribution >= 4 is 12.0 Å². The van der Waals surface area contributed by atoms with Gasteiger partial charge in [0, 0.05) is 19.3 Å². The minimum absolute atomic E-state index is 0.0160. The Morgan fingerprint density at radius 3 is 1.97 bits per heavy atom. The first-order valence-electron chi connectivity index (χ1n) is 12.6. The Kier molecular flexibility index (Phi) is 15.1. The summed E-state index contributed by atoms with van der Waals surface area (Å²) in [5.74, 6) is 0.322. The number of nitrogens with zero attached hydrogens (tertiary/aromatic N) is 2. The molecule has 2 rings (SSSR count). The minimum Gasteiger partial charge on any atom is -0.390 e. The predicted molar refractivity (Wildman–Crippen MR) is 140 cm³/mol. The number of benzene rings is 1. The molecule has 4 nitrogen and oxygen atoms in total. The number of hydrogen-bond donors (Lipinski definition) is 1. The van der Waals surface area contributed by atoms with E-state index in [0.717, 1.165) is 55.4 Å². The Labute approximate surface area is 222 Å². The number of carbonyl (C=O) groups is 1. The molecule has 1 aliphatic rings. The van der Waals surface area contributed by atoms with Crippen molar-refractivity contribution in [2.24, 2.45) is 10.9 Å². The van der Waals surface area contributed by atoms with Gasteiger partial charge >= 0.3 is 12.4 Å². The lowest BCUT2D eigenvalue weighted by atomic mass is 9.93. The molecule has 0 aliphatic carbocycles. The summed E-state index contributed by atoms with van der Waals surface area (Å²) in [6, 6.07) is 1.88. The molecule has 0 radical (unpaired) electrons. The fraction of sp³-hybridized carbons (Fsp3) is 0.643. The van der Waals surface area contributed by atoms with Gasteiger partial charge in [-0.05, 0) is 96.2 Å². The molecule has 1 saturated heterocycles. The van der Waals surface area contributed by atoms with E-state index in [1.807, 2.05) is 32.6 Å². The first kappa shape index (κ1) is 35.8. The summed E-state index contributed by atoms with van der Waals surface area (Å²) in [5.41, 5.74) is -1.04. The lowest BCUT2D eigenvalue weighted by Crippen LogP contribution is -2.33. The van der Waals surface area contributed by atoms with E-state index in [1.165, 1.54) is 6.92 Å². The molecule has 1 N–H and O–H groups in total. The lowest BCUT2D eigenvalue weighted by molar-refractivity contribution is -0.143. The van der Waals surface area contributed by atoms with Crippen LogP contribution in [0, 0.1) is 5.92 Å². The number of aldehydes is 1. The van der Waals surface area contributed by atoms with Crippen LogP contribution in [0.1, 0.15) is 83.9 Å². The van der Waals surface area contributed by atoms with E-state index in [9.17, 15) is 26.3 Å². The molecule has 1 aromatic carbocycles. The van der Waals surface area contributed by atoms with E-state index in [-0.39, 0.29) is 18.2 Å². The highest BCUT2D eigenvalue weighted by molar-refractivity contribution is 5.97. The van der Waals surface area contributed by atoms with Crippen molar-refractivity contribution in [3.05, 3.63) is 46.5 Å². The van der Waals surface area contributed by atoms with Gasteiger partial charge in [0.05, 0.1) is 16.7 Å². The maximum Gasteiger partial charge on any atom is 0.416 e. The molecule has 1 aromatic rings. The van der Waals surface area contributed by atoms with Crippen LogP contribution >= 0.6 is 0 Å². The highest BCUT2D eigenvalue weighted by atomic mass is 19.4. The zero-order valence-corrected chi connectivity index (χ0v) is 23.4. The summed E-state index contributed by atoms with van der Waals surface area (Å²) in [4.78, 5) is 14.8. The minimum atomic E-state index is -4.83. The molecule has 0 atom stereocenters. The molecule has 1 heterocycles. The summed E-state index contributed by atoms with van der Waals surface area (Å²) < 4.78 is 78.2. The Balaban J connectivity index is 0.00000117. The van der Waals surface area contributed by atoms with Gasteiger partial charge in [-0.1, -0.05) is 25.5 Å². The summed E-state index contributed by atoms with van der Waals surface area (Å²) in [5, 5.41) is 9.02. The van der Waals surface area contributed by atoms with Crippen LogP contribution in [0.2, 0.25) is 0 Å². The van der Waals surface area contributed by atoms with Crippen molar-refractivity contribution in [2.75, 3.05) is 20.1 Å². The van der Waals surface area contributed by atoms with Crippen LogP contribution in [0.5, 0.6) is 0 Å². The lowest BCUT2D eigenvalue weighted by Gasteiger charge is -2.31. The molecule has 1 fully saturated rings. The van der Waals surface area contributed by atoms with Gasteiger partial charge in [0.25, 0.3) is 0 Å². The monoisotopic (exact) mass is 552 g/mol. The van der Waals surface area contributed by atoms with E-state index in [2.05, 4.69) is 18.0 Å². The molecule has 1 aliphatic heterocycles. The van der Waals surface area contributed by atoms with Gasteiger partial charge in [0.2, 0.25) is 0 Å². The Hall–Kier alpha value is -2.20. The zero-order valence-electron chi connectivity index (χ0n) is 23.4. The Morgan fingerprint density at radius 2 is 1.61 bits per heavy atom. The first-order chi connectivity index (χ1) is 17.4. The zero-order chi connectivity index (χ0) is 29.7. The number of aliphatic imine (C=N–C) groups is 1. The van der Waals surface area contributed by atoms with Gasteiger partial charge in [-0.2, -0.15) is 26.3 Å². The maximum atomic E-state index is 13.3. The summed E-state index contributed by atoms with van der Waals surface area (Å²) in [7, 11) is 1.72. The van der Waals surface area contributed by atoms with Crippen molar-refractivity contribution < 1.29 is 36.2 Å². The Bertz CT molecular complexity index is 907. The molecule has 218 valence electrons. The van der Waals surface area contributed by atoms with Crippen LogP contribution in [0.25, 0.3) is 0 Å². The number of likely N-dealkylation sites (tertiary alicyclic amines) is 1. The van der Waals surface area contributed by atoms with Crippen LogP contribution in [-0.2, 0) is 23.7 Å². The van der Waals surface area contributed by atoms with Crippen molar-refractivity contribution in [2.45, 2.75) is 91.7 Å². The molecular formula is C28H42F6N2O2. The number of allylic oxidation sites excluding steroid dienone is 2. The highest BCUT2D eigenvalue weighted by Gasteiger charge is 2.38. The molecule has 0 bridgehead atoms. The number of halogens is 6. The second-order valence-electron chi connectivity index (χ2n) is 9.94. The largest absolute Gasteiger partial charge is 0.416 e. The number of aliphatic hydroxyl groups is 1. The predicted octanol–water partition coefficient (Wildman–Crippen LogP) is 7.74. The van der Waals surface area contributed by atoms with E-state index in [0.29, 0.717) is 19.0 Å².